The fraction of sp³-hybridized carbons (Fsp3) is 0.463. The van der Waals surface area contributed by atoms with E-state index in [0.717, 1.165) is 104 Å². The Morgan fingerprint density at radius 3 is 2.62 bits per heavy atom. The van der Waals surface area contributed by atoms with Gasteiger partial charge in [0.2, 0.25) is 5.95 Å². The highest BCUT2D eigenvalue weighted by atomic mass is 16.5. The van der Waals surface area contributed by atoms with Gasteiger partial charge < -0.3 is 25.0 Å². The second-order valence-corrected chi connectivity index (χ2v) is 15.4. The number of nitrogens with zero attached hydrogens (tertiary/aromatic N) is 6. The molecule has 0 saturated carbocycles. The van der Waals surface area contributed by atoms with Gasteiger partial charge in [-0.15, -0.1) is 10.2 Å². The standard InChI is InChI=1S/C41H53N9O3/c1-28-12-8-9-22-48(28)40-46-45-37-20-17-31(27-49(37)40)53-35-19-18-34(32-15-6-7-16-33(32)35)43-39(51)44-38-25-36(41(2,3)4)47-50(38)30-14-10-13-29(24-30)26-42-21-11-23-52-5/h6-7,10,13-17,20,24-25,27-28,34-35,42H,8-9,11-12,18-19,21-23,26H2,1-5H3,(H2,43,44,51)/t28?,34-,35+/m0/s1. The number of anilines is 2. The van der Waals surface area contributed by atoms with E-state index in [-0.39, 0.29) is 23.6 Å². The zero-order valence-corrected chi connectivity index (χ0v) is 31.6. The molecule has 0 bridgehead atoms. The number of urea groups is 1. The van der Waals surface area contributed by atoms with Crippen molar-refractivity contribution in [3.8, 4) is 11.4 Å². The summed E-state index contributed by atoms with van der Waals surface area (Å²) in [6.45, 7) is 11.9. The number of amides is 2. The molecule has 12 nitrogen and oxygen atoms in total. The van der Waals surface area contributed by atoms with E-state index in [1.807, 2.05) is 57.7 Å². The van der Waals surface area contributed by atoms with Crippen LogP contribution in [0.3, 0.4) is 0 Å². The molecule has 280 valence electrons. The molecule has 5 aromatic rings. The number of carbonyl (C=O) groups excluding carboxylic acids is 1. The fourth-order valence-corrected chi connectivity index (χ4v) is 7.42. The molecular formula is C41H53N9O3. The lowest BCUT2D eigenvalue weighted by atomic mass is 9.85. The third-order valence-corrected chi connectivity index (χ3v) is 10.3. The number of fused-ring (bicyclic) bond motifs is 2. The Hall–Kier alpha value is -4.94. The predicted octanol–water partition coefficient (Wildman–Crippen LogP) is 7.49. The number of hydrogen-bond donors (Lipinski definition) is 3. The van der Waals surface area contributed by atoms with Crippen molar-refractivity contribution >= 4 is 23.4 Å². The van der Waals surface area contributed by atoms with E-state index >= 15 is 0 Å². The van der Waals surface area contributed by atoms with Crippen molar-refractivity contribution < 1.29 is 14.3 Å². The van der Waals surface area contributed by atoms with Gasteiger partial charge in [-0.25, -0.2) is 9.48 Å². The first kappa shape index (κ1) is 36.4. The van der Waals surface area contributed by atoms with Crippen LogP contribution in [0, 0.1) is 0 Å². The van der Waals surface area contributed by atoms with Crippen LogP contribution in [-0.2, 0) is 16.7 Å². The molecule has 0 radical (unpaired) electrons. The highest BCUT2D eigenvalue weighted by Gasteiger charge is 2.31. The molecule has 1 fully saturated rings. The molecule has 3 atom stereocenters. The molecule has 1 aliphatic carbocycles. The Bertz CT molecular complexity index is 2020. The Morgan fingerprint density at radius 2 is 1.81 bits per heavy atom. The van der Waals surface area contributed by atoms with Crippen molar-refractivity contribution in [2.45, 2.75) is 96.4 Å². The highest BCUT2D eigenvalue weighted by molar-refractivity contribution is 5.89. The molecule has 1 unspecified atom stereocenters. The van der Waals surface area contributed by atoms with Gasteiger partial charge in [-0.3, -0.25) is 9.72 Å². The second kappa shape index (κ2) is 16.0. The van der Waals surface area contributed by atoms with E-state index in [9.17, 15) is 4.79 Å². The third kappa shape index (κ3) is 8.34. The fourth-order valence-electron chi connectivity index (χ4n) is 7.42. The molecule has 53 heavy (non-hydrogen) atoms. The summed E-state index contributed by atoms with van der Waals surface area (Å²) in [5, 5.41) is 23.8. The predicted molar refractivity (Wildman–Crippen MR) is 208 cm³/mol. The maximum absolute atomic E-state index is 13.8. The summed E-state index contributed by atoms with van der Waals surface area (Å²) in [4.78, 5) is 16.1. The van der Waals surface area contributed by atoms with Crippen LogP contribution in [0.4, 0.5) is 16.6 Å². The minimum atomic E-state index is -0.278. The molecule has 2 amide bonds. The number of benzene rings is 2. The Morgan fingerprint density at radius 1 is 0.962 bits per heavy atom. The van der Waals surface area contributed by atoms with Crippen LogP contribution in [0.15, 0.2) is 72.9 Å². The summed E-state index contributed by atoms with van der Waals surface area (Å²) in [7, 11) is 1.72. The van der Waals surface area contributed by atoms with Gasteiger partial charge in [-0.1, -0.05) is 57.2 Å². The zero-order chi connectivity index (χ0) is 37.0. The lowest BCUT2D eigenvalue weighted by Crippen LogP contribution is -2.38. The number of rotatable bonds is 12. The largest absolute Gasteiger partial charge is 0.484 e. The minimum absolute atomic E-state index is 0.156. The number of ether oxygens (including phenoxy) is 2. The number of piperidine rings is 1. The monoisotopic (exact) mass is 719 g/mol. The molecule has 1 aliphatic heterocycles. The van der Waals surface area contributed by atoms with Crippen LogP contribution < -0.4 is 25.6 Å². The number of carbonyl (C=O) groups is 1. The van der Waals surface area contributed by atoms with Crippen LogP contribution in [-0.4, -0.2) is 63.3 Å². The van der Waals surface area contributed by atoms with E-state index in [1.165, 1.54) is 6.42 Å². The van der Waals surface area contributed by atoms with Crippen LogP contribution in [0.5, 0.6) is 5.75 Å². The summed E-state index contributed by atoms with van der Waals surface area (Å²) >= 11 is 0. The average molecular weight is 720 g/mol. The smallest absolute Gasteiger partial charge is 0.320 e. The van der Waals surface area contributed by atoms with Crippen LogP contribution in [0.1, 0.15) is 101 Å². The Balaban J connectivity index is 1.06. The van der Waals surface area contributed by atoms with E-state index < -0.39 is 0 Å². The maximum Gasteiger partial charge on any atom is 0.320 e. The number of hydrogen-bond acceptors (Lipinski definition) is 8. The summed E-state index contributed by atoms with van der Waals surface area (Å²) in [5.74, 6) is 2.25. The van der Waals surface area contributed by atoms with Crippen LogP contribution in [0.2, 0.25) is 0 Å². The summed E-state index contributed by atoms with van der Waals surface area (Å²) in [6, 6.07) is 22.4. The Labute approximate surface area is 312 Å². The van der Waals surface area contributed by atoms with Gasteiger partial charge >= 0.3 is 6.03 Å². The first-order valence-corrected chi connectivity index (χ1v) is 19.0. The lowest BCUT2D eigenvalue weighted by Gasteiger charge is -2.33. The molecule has 2 aromatic carbocycles. The topological polar surface area (TPSA) is 123 Å². The quantitative estimate of drug-likeness (QED) is 0.113. The molecule has 2 aliphatic rings. The first-order chi connectivity index (χ1) is 25.7. The zero-order valence-electron chi connectivity index (χ0n) is 31.6. The van der Waals surface area contributed by atoms with Gasteiger partial charge in [0.1, 0.15) is 17.7 Å². The molecule has 3 N–H and O–H groups in total. The van der Waals surface area contributed by atoms with Crippen molar-refractivity contribution in [2.24, 2.45) is 0 Å². The van der Waals surface area contributed by atoms with Crippen LogP contribution >= 0.6 is 0 Å². The molecule has 1 saturated heterocycles. The first-order valence-electron chi connectivity index (χ1n) is 19.0. The Kier molecular flexibility index (Phi) is 11.0. The van der Waals surface area contributed by atoms with E-state index in [1.54, 1.807) is 7.11 Å². The molecule has 12 heteroatoms. The van der Waals surface area contributed by atoms with Gasteiger partial charge in [0.15, 0.2) is 5.65 Å². The van der Waals surface area contributed by atoms with Gasteiger partial charge in [0, 0.05) is 44.3 Å². The second-order valence-electron chi connectivity index (χ2n) is 15.4. The molecular weight excluding hydrogens is 667 g/mol. The van der Waals surface area contributed by atoms with Gasteiger partial charge in [-0.2, -0.15) is 5.10 Å². The normalized spacial score (nSPS) is 18.9. The van der Waals surface area contributed by atoms with E-state index in [4.69, 9.17) is 14.6 Å². The molecule has 4 heterocycles. The maximum atomic E-state index is 13.8. The van der Waals surface area contributed by atoms with Crippen molar-refractivity contribution in [1.29, 1.82) is 0 Å². The number of nitrogens with one attached hydrogen (secondary N) is 3. The summed E-state index contributed by atoms with van der Waals surface area (Å²) in [6.07, 6.45) is 7.84. The van der Waals surface area contributed by atoms with Crippen molar-refractivity contribution in [3.05, 3.63) is 95.3 Å². The molecule has 0 spiro atoms. The number of pyridine rings is 1. The van der Waals surface area contributed by atoms with Gasteiger partial charge in [0.05, 0.1) is 23.6 Å². The minimum Gasteiger partial charge on any atom is -0.484 e. The highest BCUT2D eigenvalue weighted by Crippen LogP contribution is 2.39. The van der Waals surface area contributed by atoms with E-state index in [0.29, 0.717) is 11.9 Å². The lowest BCUT2D eigenvalue weighted by molar-refractivity contribution is 0.171. The molecule has 7 rings (SSSR count). The average Bonchev–Trinajstić information content (AvgIpc) is 3.77. The molecule has 3 aromatic heterocycles. The van der Waals surface area contributed by atoms with Crippen molar-refractivity contribution in [3.63, 3.8) is 0 Å². The summed E-state index contributed by atoms with van der Waals surface area (Å²) in [5.41, 5.74) is 5.64. The third-order valence-electron chi connectivity index (χ3n) is 10.3. The number of aromatic nitrogens is 5. The van der Waals surface area contributed by atoms with E-state index in [2.05, 4.69) is 83.0 Å². The van der Waals surface area contributed by atoms with Gasteiger partial charge in [-0.05, 0) is 92.9 Å². The summed E-state index contributed by atoms with van der Waals surface area (Å²) < 4.78 is 15.7. The number of methoxy groups -OCH3 is 1. The SMILES string of the molecule is COCCCNCc1cccc(-n2nc(C(C)(C)C)cc2NC(=O)N[C@H]2CC[C@@H](Oc3ccc4nnc(N5CCCCC5C)n4c3)c3ccccc32)c1. The van der Waals surface area contributed by atoms with Crippen molar-refractivity contribution in [1.82, 2.24) is 35.0 Å². The van der Waals surface area contributed by atoms with Crippen LogP contribution in [0.25, 0.3) is 11.3 Å². The van der Waals surface area contributed by atoms with Crippen molar-refractivity contribution in [2.75, 3.05) is 37.0 Å². The van der Waals surface area contributed by atoms with Gasteiger partial charge in [0.25, 0.3) is 0 Å².